The Morgan fingerprint density at radius 1 is 1.31 bits per heavy atom. The van der Waals surface area contributed by atoms with Gasteiger partial charge in [0, 0.05) is 50.3 Å². The molecule has 2 aromatic rings. The van der Waals surface area contributed by atoms with Crippen molar-refractivity contribution in [2.45, 2.75) is 24.9 Å². The molecule has 1 aliphatic heterocycles. The average molecular weight is 442 g/mol. The summed E-state index contributed by atoms with van der Waals surface area (Å²) in [6, 6.07) is 9.77. The van der Waals surface area contributed by atoms with E-state index in [4.69, 9.17) is 16.9 Å². The number of hydrogen-bond acceptors (Lipinski definition) is 7. The molecule has 1 aromatic carbocycles. The first kappa shape index (κ1) is 23.2. The number of amidine groups is 1. The number of carbonyl (C=O) groups is 1. The largest absolute Gasteiger partial charge is 0.508 e. The van der Waals surface area contributed by atoms with Crippen molar-refractivity contribution in [2.75, 3.05) is 25.0 Å². The second kappa shape index (κ2) is 10.2. The first-order chi connectivity index (χ1) is 15.3. The standard InChI is InChI=1S/C22H28FN7O2/c23-19-11-16(4-7-27-19)29-20(25)18(21(26)32)12-28-22(14-24)5-8-30(9-6-22)13-15-2-1-3-17(31)10-15/h1-4,7,10-12,28,31H,5-6,8-9,13-14,24H2,(H2,26,32)(H2,25,27,29)/b18-12+. The molecule has 10 heteroatoms. The van der Waals surface area contributed by atoms with Gasteiger partial charge >= 0.3 is 0 Å². The number of rotatable bonds is 8. The molecular weight excluding hydrogens is 413 g/mol. The second-order valence-corrected chi connectivity index (χ2v) is 7.86. The van der Waals surface area contributed by atoms with Gasteiger partial charge in [-0.25, -0.2) is 4.98 Å². The van der Waals surface area contributed by atoms with Crippen molar-refractivity contribution in [1.29, 1.82) is 5.41 Å². The minimum absolute atomic E-state index is 0.0720. The number of halogens is 1. The van der Waals surface area contributed by atoms with Crippen molar-refractivity contribution >= 4 is 17.4 Å². The highest BCUT2D eigenvalue weighted by molar-refractivity contribution is 6.23. The summed E-state index contributed by atoms with van der Waals surface area (Å²) in [7, 11) is 0. The zero-order valence-corrected chi connectivity index (χ0v) is 17.6. The minimum Gasteiger partial charge on any atom is -0.508 e. The molecule has 0 aliphatic carbocycles. The number of pyridine rings is 1. The summed E-state index contributed by atoms with van der Waals surface area (Å²) in [6.07, 6.45) is 4.11. The molecule has 0 bridgehead atoms. The molecule has 9 nitrogen and oxygen atoms in total. The number of carbonyl (C=O) groups excluding carboxylic acids is 1. The van der Waals surface area contributed by atoms with Crippen molar-refractivity contribution in [3.8, 4) is 5.75 Å². The van der Waals surface area contributed by atoms with Crippen molar-refractivity contribution in [2.24, 2.45) is 11.5 Å². The number of piperidine rings is 1. The summed E-state index contributed by atoms with van der Waals surface area (Å²) >= 11 is 0. The number of anilines is 1. The van der Waals surface area contributed by atoms with E-state index in [0.29, 0.717) is 13.1 Å². The monoisotopic (exact) mass is 441 g/mol. The number of nitrogens with one attached hydrogen (secondary N) is 3. The van der Waals surface area contributed by atoms with Crippen LogP contribution in [0.25, 0.3) is 0 Å². The molecule has 0 radical (unpaired) electrons. The number of hydrogen-bond donors (Lipinski definition) is 6. The van der Waals surface area contributed by atoms with Crippen LogP contribution in [0.2, 0.25) is 0 Å². The maximum Gasteiger partial charge on any atom is 0.253 e. The van der Waals surface area contributed by atoms with E-state index in [-0.39, 0.29) is 22.8 Å². The van der Waals surface area contributed by atoms with Gasteiger partial charge in [0.25, 0.3) is 5.91 Å². The fourth-order valence-corrected chi connectivity index (χ4v) is 3.64. The highest BCUT2D eigenvalue weighted by Gasteiger charge is 2.33. The number of nitrogens with zero attached hydrogens (tertiary/aromatic N) is 2. The van der Waals surface area contributed by atoms with Crippen molar-refractivity contribution < 1.29 is 14.3 Å². The Morgan fingerprint density at radius 3 is 2.69 bits per heavy atom. The van der Waals surface area contributed by atoms with E-state index in [0.717, 1.165) is 37.6 Å². The van der Waals surface area contributed by atoms with Crippen LogP contribution < -0.4 is 22.1 Å². The molecule has 8 N–H and O–H groups in total. The number of likely N-dealkylation sites (tertiary alicyclic amines) is 1. The van der Waals surface area contributed by atoms with Crippen molar-refractivity contribution in [3.05, 3.63) is 65.9 Å². The van der Waals surface area contributed by atoms with Crippen LogP contribution in [0.15, 0.2) is 54.4 Å². The normalized spacial score (nSPS) is 16.4. The number of primary amides is 1. The fraction of sp³-hybridized carbons (Fsp3) is 0.318. The Morgan fingerprint density at radius 2 is 2.06 bits per heavy atom. The van der Waals surface area contributed by atoms with Crippen LogP contribution in [0.4, 0.5) is 10.1 Å². The smallest absolute Gasteiger partial charge is 0.253 e. The van der Waals surface area contributed by atoms with E-state index in [1.807, 2.05) is 12.1 Å². The van der Waals surface area contributed by atoms with Crippen LogP contribution in [-0.2, 0) is 11.3 Å². The first-order valence-corrected chi connectivity index (χ1v) is 10.3. The van der Waals surface area contributed by atoms with Crippen molar-refractivity contribution in [3.63, 3.8) is 0 Å². The summed E-state index contributed by atoms with van der Waals surface area (Å²) in [6.45, 7) is 2.59. The molecular formula is C22H28FN7O2. The van der Waals surface area contributed by atoms with Crippen LogP contribution in [0.3, 0.4) is 0 Å². The highest BCUT2D eigenvalue weighted by Crippen LogP contribution is 2.24. The molecule has 1 aromatic heterocycles. The van der Waals surface area contributed by atoms with Gasteiger partial charge in [0.2, 0.25) is 5.95 Å². The number of nitrogens with two attached hydrogens (primary N) is 2. The van der Waals surface area contributed by atoms with E-state index < -0.39 is 17.4 Å². The van der Waals surface area contributed by atoms with Crippen LogP contribution >= 0.6 is 0 Å². The number of aromatic nitrogens is 1. The van der Waals surface area contributed by atoms with Crippen LogP contribution in [-0.4, -0.2) is 51.9 Å². The van der Waals surface area contributed by atoms with Gasteiger partial charge in [-0.15, -0.1) is 0 Å². The summed E-state index contributed by atoms with van der Waals surface area (Å²) in [5, 5.41) is 23.7. The molecule has 3 rings (SSSR count). The predicted molar refractivity (Wildman–Crippen MR) is 120 cm³/mol. The molecule has 0 unspecified atom stereocenters. The van der Waals surface area contributed by atoms with E-state index in [1.165, 1.54) is 18.5 Å². The highest BCUT2D eigenvalue weighted by atomic mass is 19.1. The van der Waals surface area contributed by atoms with Crippen molar-refractivity contribution in [1.82, 2.24) is 15.2 Å². The summed E-state index contributed by atoms with van der Waals surface area (Å²) in [4.78, 5) is 17.7. The van der Waals surface area contributed by atoms with Gasteiger partial charge in [-0.1, -0.05) is 12.1 Å². The third-order valence-electron chi connectivity index (χ3n) is 5.57. The molecule has 0 atom stereocenters. The minimum atomic E-state index is -0.793. The molecule has 1 amide bonds. The van der Waals surface area contributed by atoms with Crippen LogP contribution in [0.1, 0.15) is 18.4 Å². The number of amides is 1. The molecule has 0 spiro atoms. The summed E-state index contributed by atoms with van der Waals surface area (Å²) in [5.41, 5.74) is 12.3. The van der Waals surface area contributed by atoms with Crippen LogP contribution in [0, 0.1) is 11.4 Å². The maximum atomic E-state index is 13.3. The lowest BCUT2D eigenvalue weighted by Crippen LogP contribution is -2.56. The topological polar surface area (TPSA) is 153 Å². The van der Waals surface area contributed by atoms with E-state index in [1.54, 1.807) is 12.1 Å². The third-order valence-corrected chi connectivity index (χ3v) is 5.57. The second-order valence-electron chi connectivity index (χ2n) is 7.86. The Hall–Kier alpha value is -3.50. The van der Waals surface area contributed by atoms with Gasteiger partial charge in [0.15, 0.2) is 0 Å². The number of aromatic hydroxyl groups is 1. The Kier molecular flexibility index (Phi) is 7.39. The maximum absolute atomic E-state index is 13.3. The molecule has 170 valence electrons. The fourth-order valence-electron chi connectivity index (χ4n) is 3.64. The predicted octanol–water partition coefficient (Wildman–Crippen LogP) is 1.27. The lowest BCUT2D eigenvalue weighted by molar-refractivity contribution is -0.114. The van der Waals surface area contributed by atoms with Gasteiger partial charge < -0.3 is 27.2 Å². The van der Waals surface area contributed by atoms with E-state index >= 15 is 0 Å². The molecule has 0 saturated carbocycles. The zero-order chi connectivity index (χ0) is 23.1. The molecule has 1 fully saturated rings. The quantitative estimate of drug-likeness (QED) is 0.156. The number of phenolic OH excluding ortho intramolecular Hbond substituents is 1. The molecule has 2 heterocycles. The first-order valence-electron chi connectivity index (χ1n) is 10.3. The molecule has 1 saturated heterocycles. The van der Waals surface area contributed by atoms with E-state index in [9.17, 15) is 14.3 Å². The van der Waals surface area contributed by atoms with Gasteiger partial charge in [-0.05, 0) is 36.6 Å². The lowest BCUT2D eigenvalue weighted by Gasteiger charge is -2.41. The Labute approximate surface area is 185 Å². The summed E-state index contributed by atoms with van der Waals surface area (Å²) < 4.78 is 13.3. The van der Waals surface area contributed by atoms with E-state index in [2.05, 4.69) is 20.5 Å². The van der Waals surface area contributed by atoms with Gasteiger partial charge in [0.1, 0.15) is 11.6 Å². The van der Waals surface area contributed by atoms with Gasteiger partial charge in [-0.2, -0.15) is 4.39 Å². The summed E-state index contributed by atoms with van der Waals surface area (Å²) in [5.74, 6) is -1.51. The average Bonchev–Trinajstić information content (AvgIpc) is 2.75. The van der Waals surface area contributed by atoms with Gasteiger partial charge in [0.05, 0.1) is 11.1 Å². The van der Waals surface area contributed by atoms with Gasteiger partial charge in [-0.3, -0.25) is 15.1 Å². The zero-order valence-electron chi connectivity index (χ0n) is 17.6. The Bertz CT molecular complexity index is 1000. The Balaban J connectivity index is 1.63. The number of phenols is 1. The van der Waals surface area contributed by atoms with Crippen LogP contribution in [0.5, 0.6) is 5.75 Å². The number of benzene rings is 1. The molecule has 32 heavy (non-hydrogen) atoms. The molecule has 1 aliphatic rings. The SMILES string of the molecule is N=C(Nc1ccnc(F)c1)/C(=C\NC1(CN)CCN(Cc2cccc(O)c2)CC1)C(N)=O. The third kappa shape index (κ3) is 6.02. The lowest BCUT2D eigenvalue weighted by atomic mass is 9.87.